The second kappa shape index (κ2) is 18.3. The molecule has 0 fully saturated rings. The van der Waals surface area contributed by atoms with Crippen LogP contribution < -0.4 is 10.6 Å². The van der Waals surface area contributed by atoms with Crippen LogP contribution in [0.15, 0.2) is 24.6 Å². The maximum atomic E-state index is 11.2. The first-order chi connectivity index (χ1) is 15.1. The van der Waals surface area contributed by atoms with Crippen molar-refractivity contribution in [3.63, 3.8) is 0 Å². The van der Waals surface area contributed by atoms with Gasteiger partial charge in [-0.15, -0.1) is 0 Å². The van der Waals surface area contributed by atoms with Crippen LogP contribution in [0.1, 0.15) is 117 Å². The van der Waals surface area contributed by atoms with E-state index in [1.165, 1.54) is 96.3 Å². The van der Waals surface area contributed by atoms with E-state index in [1.807, 2.05) is 0 Å². The number of amides is 1. The minimum absolute atomic E-state index is 0.0616. The van der Waals surface area contributed by atoms with Crippen LogP contribution in [0, 0.1) is 0 Å². The van der Waals surface area contributed by atoms with E-state index in [9.17, 15) is 4.79 Å². The third kappa shape index (κ3) is 13.0. The molecule has 2 N–H and O–H groups in total. The average molecular weight is 435 g/mol. The van der Waals surface area contributed by atoms with Gasteiger partial charge in [0.2, 0.25) is 5.91 Å². The Morgan fingerprint density at radius 1 is 0.903 bits per heavy atom. The number of allylic oxidation sites excluding steroid dienone is 2. The highest BCUT2D eigenvalue weighted by molar-refractivity contribution is 5.72. The number of quaternary nitrogens is 1. The average Bonchev–Trinajstić information content (AvgIpc) is 3.16. The highest BCUT2D eigenvalue weighted by Crippen LogP contribution is 2.22. The van der Waals surface area contributed by atoms with E-state index in [-0.39, 0.29) is 5.91 Å². The summed E-state index contributed by atoms with van der Waals surface area (Å²) in [4.78, 5) is 11.2. The smallest absolute Gasteiger partial charge is 0.217 e. The van der Waals surface area contributed by atoms with Crippen molar-refractivity contribution < 1.29 is 9.28 Å². The molecule has 4 heteroatoms. The molecule has 0 spiro atoms. The zero-order valence-corrected chi connectivity index (χ0v) is 21.0. The van der Waals surface area contributed by atoms with Crippen LogP contribution in [-0.4, -0.2) is 36.2 Å². The molecule has 1 heterocycles. The number of unbranched alkanes of at least 4 members (excludes halogenated alkanes) is 12. The van der Waals surface area contributed by atoms with Crippen molar-refractivity contribution in [1.29, 1.82) is 0 Å². The molecule has 0 radical (unpaired) electrons. The highest BCUT2D eigenvalue weighted by Gasteiger charge is 2.36. The summed E-state index contributed by atoms with van der Waals surface area (Å²) in [7, 11) is 0. The zero-order chi connectivity index (χ0) is 22.6. The summed E-state index contributed by atoms with van der Waals surface area (Å²) < 4.78 is 0.939. The second-order valence-corrected chi connectivity index (χ2v) is 9.35. The molecule has 0 saturated carbocycles. The molecule has 0 aromatic rings. The van der Waals surface area contributed by atoms with Crippen LogP contribution >= 0.6 is 0 Å². The van der Waals surface area contributed by atoms with Gasteiger partial charge in [-0.1, -0.05) is 76.9 Å². The van der Waals surface area contributed by atoms with E-state index in [1.54, 1.807) is 6.92 Å². The predicted octanol–water partition coefficient (Wildman–Crippen LogP) is 6.79. The van der Waals surface area contributed by atoms with Gasteiger partial charge in [0.05, 0.1) is 19.3 Å². The number of carbonyl (C=O) groups excluding carboxylic acids is 1. The van der Waals surface area contributed by atoms with E-state index >= 15 is 0 Å². The van der Waals surface area contributed by atoms with Gasteiger partial charge < -0.3 is 10.6 Å². The number of hydrogen-bond acceptors (Lipinski definition) is 2. The molecule has 31 heavy (non-hydrogen) atoms. The molecule has 180 valence electrons. The van der Waals surface area contributed by atoms with E-state index in [0.29, 0.717) is 6.17 Å². The van der Waals surface area contributed by atoms with Gasteiger partial charge in [0, 0.05) is 13.3 Å². The quantitative estimate of drug-likeness (QED) is 0.126. The topological polar surface area (TPSA) is 41.1 Å². The monoisotopic (exact) mass is 434 g/mol. The van der Waals surface area contributed by atoms with Crippen molar-refractivity contribution in [2.45, 2.75) is 123 Å². The molecule has 1 aliphatic rings. The number of nitrogens with zero attached hydrogens (tertiary/aromatic N) is 1. The van der Waals surface area contributed by atoms with Gasteiger partial charge in [0.25, 0.3) is 0 Å². The fraction of sp³-hybridized carbons (Fsp3) is 0.815. The number of carbonyl (C=O) groups is 1. The summed E-state index contributed by atoms with van der Waals surface area (Å²) in [5.74, 6) is 0.0616. The lowest BCUT2D eigenvalue weighted by Gasteiger charge is -2.37. The van der Waals surface area contributed by atoms with Gasteiger partial charge >= 0.3 is 0 Å². The van der Waals surface area contributed by atoms with Gasteiger partial charge in [-0.25, -0.2) is 0 Å². The molecule has 0 aromatic carbocycles. The lowest BCUT2D eigenvalue weighted by molar-refractivity contribution is -0.898. The first-order valence-corrected chi connectivity index (χ1v) is 13.3. The van der Waals surface area contributed by atoms with Gasteiger partial charge in [0.1, 0.15) is 12.7 Å². The predicted molar refractivity (Wildman–Crippen MR) is 134 cm³/mol. The highest BCUT2D eigenvalue weighted by atomic mass is 16.1. The SMILES string of the molecule is CCCCCCCCCCCC/C=C/CCCCC1NC=C[N+]1(CC)CCNC(C)=O. The molecule has 0 aromatic heterocycles. The van der Waals surface area contributed by atoms with Crippen molar-refractivity contribution >= 4 is 5.91 Å². The normalized spacial score (nSPS) is 20.4. The number of rotatable bonds is 20. The van der Waals surface area contributed by atoms with Gasteiger partial charge in [-0.05, 0) is 39.0 Å². The Morgan fingerprint density at radius 2 is 1.48 bits per heavy atom. The second-order valence-electron chi connectivity index (χ2n) is 9.35. The van der Waals surface area contributed by atoms with Crippen LogP contribution in [0.4, 0.5) is 0 Å². The lowest BCUT2D eigenvalue weighted by Crippen LogP contribution is -2.55. The Bertz CT molecular complexity index is 503. The minimum Gasteiger partial charge on any atom is -0.351 e. The summed E-state index contributed by atoms with van der Waals surface area (Å²) >= 11 is 0. The summed E-state index contributed by atoms with van der Waals surface area (Å²) in [6.07, 6.45) is 29.9. The standard InChI is InChI=1S/C27H51N3O/c1-4-6-7-8-9-10-11-12-13-14-15-16-17-18-19-20-21-27-29-23-25-30(27,5-2)24-22-28-26(3)31/h16-17,23,25,27,29H,4-15,18-22,24H2,1-3H3/p+1/b17-16+. The Morgan fingerprint density at radius 3 is 2.06 bits per heavy atom. The summed E-state index contributed by atoms with van der Waals surface area (Å²) in [6, 6.07) is 0. The first kappa shape index (κ1) is 27.7. The van der Waals surface area contributed by atoms with Gasteiger partial charge in [0.15, 0.2) is 6.17 Å². The molecule has 0 saturated heterocycles. The fourth-order valence-electron chi connectivity index (χ4n) is 4.63. The van der Waals surface area contributed by atoms with E-state index in [0.717, 1.165) is 24.1 Å². The van der Waals surface area contributed by atoms with Crippen molar-refractivity contribution in [3.8, 4) is 0 Å². The molecule has 0 aliphatic carbocycles. The largest absolute Gasteiger partial charge is 0.351 e. The molecular formula is C27H52N3O+. The van der Waals surface area contributed by atoms with Crippen LogP contribution in [0.5, 0.6) is 0 Å². The van der Waals surface area contributed by atoms with E-state index < -0.39 is 0 Å². The summed E-state index contributed by atoms with van der Waals surface area (Å²) in [5.41, 5.74) is 0. The Kier molecular flexibility index (Phi) is 16.4. The van der Waals surface area contributed by atoms with Crippen molar-refractivity contribution in [1.82, 2.24) is 10.6 Å². The van der Waals surface area contributed by atoms with Gasteiger partial charge in [-0.3, -0.25) is 9.28 Å². The molecule has 4 nitrogen and oxygen atoms in total. The Balaban J connectivity index is 2.00. The molecule has 2 atom stereocenters. The zero-order valence-electron chi connectivity index (χ0n) is 21.0. The summed E-state index contributed by atoms with van der Waals surface area (Å²) in [5, 5.41) is 6.50. The molecule has 0 bridgehead atoms. The van der Waals surface area contributed by atoms with Crippen LogP contribution in [0.25, 0.3) is 0 Å². The molecule has 1 aliphatic heterocycles. The maximum Gasteiger partial charge on any atom is 0.217 e. The molecule has 1 amide bonds. The third-order valence-corrected chi connectivity index (χ3v) is 6.76. The number of nitrogens with one attached hydrogen (secondary N) is 2. The van der Waals surface area contributed by atoms with Gasteiger partial charge in [-0.2, -0.15) is 0 Å². The molecular weight excluding hydrogens is 382 g/mol. The minimum atomic E-state index is 0.0616. The molecule has 1 rings (SSSR count). The Labute approximate surface area is 193 Å². The third-order valence-electron chi connectivity index (χ3n) is 6.76. The number of hydrogen-bond donors (Lipinski definition) is 2. The van der Waals surface area contributed by atoms with E-state index in [2.05, 4.69) is 49.0 Å². The maximum absolute atomic E-state index is 11.2. The number of likely N-dealkylation sites (N-methyl/N-ethyl adjacent to an activating group) is 1. The molecule has 2 unspecified atom stereocenters. The van der Waals surface area contributed by atoms with E-state index in [4.69, 9.17) is 0 Å². The van der Waals surface area contributed by atoms with Crippen molar-refractivity contribution in [2.75, 3.05) is 19.6 Å². The van der Waals surface area contributed by atoms with Crippen LogP contribution in [0.2, 0.25) is 0 Å². The lowest BCUT2D eigenvalue weighted by atomic mass is 10.1. The fourth-order valence-corrected chi connectivity index (χ4v) is 4.63. The first-order valence-electron chi connectivity index (χ1n) is 13.3. The van der Waals surface area contributed by atoms with Crippen molar-refractivity contribution in [3.05, 3.63) is 24.6 Å². The Hall–Kier alpha value is -1.29. The van der Waals surface area contributed by atoms with Crippen LogP contribution in [0.3, 0.4) is 0 Å². The summed E-state index contributed by atoms with van der Waals surface area (Å²) in [6.45, 7) is 8.89. The van der Waals surface area contributed by atoms with Crippen LogP contribution in [-0.2, 0) is 4.79 Å². The van der Waals surface area contributed by atoms with Crippen molar-refractivity contribution in [2.24, 2.45) is 0 Å².